The molecule has 0 aliphatic heterocycles. The summed E-state index contributed by atoms with van der Waals surface area (Å²) in [5.74, 6) is 1.34. The first-order valence-electron chi connectivity index (χ1n) is 5.06. The molecule has 0 amide bonds. The second-order valence-electron chi connectivity index (χ2n) is 3.78. The maximum absolute atomic E-state index is 5.67. The van der Waals surface area contributed by atoms with Crippen LogP contribution in [-0.2, 0) is 7.05 Å². The molecule has 2 aromatic rings. The van der Waals surface area contributed by atoms with Gasteiger partial charge in [0.1, 0.15) is 11.6 Å². The van der Waals surface area contributed by atoms with Crippen LogP contribution in [0.25, 0.3) is 11.3 Å². The lowest BCUT2D eigenvalue weighted by Gasteiger charge is -2.09. The monoisotopic (exact) mass is 217 g/mol. The summed E-state index contributed by atoms with van der Waals surface area (Å²) in [6.07, 6.45) is 0. The average Bonchev–Trinajstić information content (AvgIpc) is 2.57. The highest BCUT2D eigenvalue weighted by molar-refractivity contribution is 5.70. The van der Waals surface area contributed by atoms with Crippen LogP contribution in [0.3, 0.4) is 0 Å². The van der Waals surface area contributed by atoms with E-state index in [0.29, 0.717) is 5.82 Å². The maximum atomic E-state index is 5.67. The predicted molar refractivity (Wildman–Crippen MR) is 64.3 cm³/mol. The minimum absolute atomic E-state index is 0.515. The molecule has 16 heavy (non-hydrogen) atoms. The van der Waals surface area contributed by atoms with E-state index in [-0.39, 0.29) is 0 Å². The van der Waals surface area contributed by atoms with E-state index in [9.17, 15) is 0 Å². The third-order valence-corrected chi connectivity index (χ3v) is 2.53. The number of nitrogens with zero attached hydrogens (tertiary/aromatic N) is 2. The highest BCUT2D eigenvalue weighted by Crippen LogP contribution is 2.31. The van der Waals surface area contributed by atoms with Gasteiger partial charge in [-0.05, 0) is 19.1 Å². The van der Waals surface area contributed by atoms with E-state index in [2.05, 4.69) is 11.2 Å². The Bertz CT molecular complexity index is 517. The molecule has 0 spiro atoms. The Labute approximate surface area is 94.6 Å². The Kier molecular flexibility index (Phi) is 2.56. The number of nitrogens with two attached hydrogens (primary N) is 1. The van der Waals surface area contributed by atoms with Crippen LogP contribution in [-0.4, -0.2) is 16.9 Å². The fourth-order valence-corrected chi connectivity index (χ4v) is 1.76. The normalized spacial score (nSPS) is 10.4. The van der Waals surface area contributed by atoms with E-state index in [1.54, 1.807) is 11.8 Å². The fraction of sp³-hybridized carbons (Fsp3) is 0.250. The molecule has 0 saturated heterocycles. The highest BCUT2D eigenvalue weighted by atomic mass is 16.5. The van der Waals surface area contributed by atoms with Crippen LogP contribution >= 0.6 is 0 Å². The molecular formula is C12H15N3O. The van der Waals surface area contributed by atoms with Crippen molar-refractivity contribution in [2.75, 3.05) is 12.8 Å². The number of methoxy groups -OCH3 is 1. The molecular weight excluding hydrogens is 202 g/mol. The smallest absolute Gasteiger partial charge is 0.146 e. The molecule has 0 fully saturated rings. The lowest BCUT2D eigenvalue weighted by Crippen LogP contribution is -1.96. The zero-order valence-corrected chi connectivity index (χ0v) is 9.69. The van der Waals surface area contributed by atoms with Crippen LogP contribution in [0.4, 0.5) is 5.82 Å². The third-order valence-electron chi connectivity index (χ3n) is 2.53. The predicted octanol–water partition coefficient (Wildman–Crippen LogP) is 1.99. The van der Waals surface area contributed by atoms with Crippen molar-refractivity contribution in [1.82, 2.24) is 9.78 Å². The first kappa shape index (κ1) is 10.5. The number of rotatable bonds is 2. The standard InChI is InChI=1S/C12H15N3O/c1-8-4-5-11(16-3)9(6-8)10-7-12(13)14-15(10)2/h4-7H,1-3H3,(H2,13,14). The van der Waals surface area contributed by atoms with Crippen molar-refractivity contribution in [2.45, 2.75) is 6.92 Å². The van der Waals surface area contributed by atoms with E-state index in [0.717, 1.165) is 17.0 Å². The molecule has 1 aromatic heterocycles. The van der Waals surface area contributed by atoms with E-state index in [1.165, 1.54) is 5.56 Å². The Balaban J connectivity index is 2.62. The number of ether oxygens (including phenoxy) is 1. The summed E-state index contributed by atoms with van der Waals surface area (Å²) in [4.78, 5) is 0. The van der Waals surface area contributed by atoms with E-state index in [4.69, 9.17) is 10.5 Å². The summed E-state index contributed by atoms with van der Waals surface area (Å²) in [6, 6.07) is 7.88. The average molecular weight is 217 g/mol. The van der Waals surface area contributed by atoms with Gasteiger partial charge in [0.25, 0.3) is 0 Å². The van der Waals surface area contributed by atoms with Gasteiger partial charge >= 0.3 is 0 Å². The van der Waals surface area contributed by atoms with Crippen molar-refractivity contribution >= 4 is 5.82 Å². The van der Waals surface area contributed by atoms with E-state index < -0.39 is 0 Å². The molecule has 0 aliphatic rings. The second kappa shape index (κ2) is 3.89. The van der Waals surface area contributed by atoms with Crippen LogP contribution in [0.5, 0.6) is 5.75 Å². The van der Waals surface area contributed by atoms with Crippen molar-refractivity contribution in [3.8, 4) is 17.0 Å². The highest BCUT2D eigenvalue weighted by Gasteiger charge is 2.11. The van der Waals surface area contributed by atoms with Crippen LogP contribution in [0.1, 0.15) is 5.56 Å². The Morgan fingerprint density at radius 3 is 2.62 bits per heavy atom. The second-order valence-corrected chi connectivity index (χ2v) is 3.78. The molecule has 0 unspecified atom stereocenters. The van der Waals surface area contributed by atoms with Gasteiger partial charge in [-0.25, -0.2) is 0 Å². The Hall–Kier alpha value is -1.97. The van der Waals surface area contributed by atoms with Crippen LogP contribution < -0.4 is 10.5 Å². The molecule has 1 heterocycles. The lowest BCUT2D eigenvalue weighted by molar-refractivity contribution is 0.416. The molecule has 2 N–H and O–H groups in total. The van der Waals surface area contributed by atoms with E-state index >= 15 is 0 Å². The summed E-state index contributed by atoms with van der Waals surface area (Å²) in [5.41, 5.74) is 8.82. The van der Waals surface area contributed by atoms with Gasteiger partial charge < -0.3 is 10.5 Å². The van der Waals surface area contributed by atoms with Crippen molar-refractivity contribution in [2.24, 2.45) is 7.05 Å². The summed E-state index contributed by atoms with van der Waals surface area (Å²) in [5, 5.41) is 4.13. The van der Waals surface area contributed by atoms with Gasteiger partial charge in [-0.1, -0.05) is 11.6 Å². The minimum Gasteiger partial charge on any atom is -0.496 e. The largest absolute Gasteiger partial charge is 0.496 e. The molecule has 4 heteroatoms. The van der Waals surface area contributed by atoms with Gasteiger partial charge in [0.15, 0.2) is 0 Å². The Morgan fingerprint density at radius 1 is 1.31 bits per heavy atom. The van der Waals surface area contributed by atoms with Gasteiger partial charge in [-0.15, -0.1) is 0 Å². The molecule has 1 aromatic carbocycles. The van der Waals surface area contributed by atoms with Crippen molar-refractivity contribution in [3.05, 3.63) is 29.8 Å². The number of nitrogen functional groups attached to an aromatic ring is 1. The van der Waals surface area contributed by atoms with Gasteiger partial charge in [0.05, 0.1) is 12.8 Å². The molecule has 4 nitrogen and oxygen atoms in total. The number of hydrogen-bond acceptors (Lipinski definition) is 3. The molecule has 0 atom stereocenters. The zero-order valence-electron chi connectivity index (χ0n) is 9.69. The number of hydrogen-bond donors (Lipinski definition) is 1. The Morgan fingerprint density at radius 2 is 2.06 bits per heavy atom. The number of anilines is 1. The van der Waals surface area contributed by atoms with Gasteiger partial charge in [0.2, 0.25) is 0 Å². The van der Waals surface area contributed by atoms with Crippen molar-refractivity contribution in [3.63, 3.8) is 0 Å². The van der Waals surface area contributed by atoms with Gasteiger partial charge in [-0.2, -0.15) is 5.10 Å². The summed E-state index contributed by atoms with van der Waals surface area (Å²) in [7, 11) is 3.53. The van der Waals surface area contributed by atoms with Crippen molar-refractivity contribution < 1.29 is 4.74 Å². The third kappa shape index (κ3) is 1.74. The van der Waals surface area contributed by atoms with Crippen LogP contribution in [0, 0.1) is 6.92 Å². The van der Waals surface area contributed by atoms with Gasteiger partial charge in [-0.3, -0.25) is 4.68 Å². The molecule has 2 rings (SSSR count). The number of aryl methyl sites for hydroxylation is 2. The maximum Gasteiger partial charge on any atom is 0.146 e. The molecule has 84 valence electrons. The fourth-order valence-electron chi connectivity index (χ4n) is 1.76. The lowest BCUT2D eigenvalue weighted by atomic mass is 10.1. The number of benzene rings is 1. The van der Waals surface area contributed by atoms with Crippen LogP contribution in [0.15, 0.2) is 24.3 Å². The quantitative estimate of drug-likeness (QED) is 0.836. The SMILES string of the molecule is COc1ccc(C)cc1-c1cc(N)nn1C. The molecule has 0 bridgehead atoms. The summed E-state index contributed by atoms with van der Waals surface area (Å²) < 4.78 is 7.09. The van der Waals surface area contributed by atoms with Gasteiger partial charge in [0, 0.05) is 18.7 Å². The molecule has 0 saturated carbocycles. The van der Waals surface area contributed by atoms with Crippen LogP contribution in [0.2, 0.25) is 0 Å². The van der Waals surface area contributed by atoms with E-state index in [1.807, 2.05) is 32.2 Å². The first-order valence-corrected chi connectivity index (χ1v) is 5.06. The summed E-state index contributed by atoms with van der Waals surface area (Å²) in [6.45, 7) is 2.04. The zero-order chi connectivity index (χ0) is 11.7. The van der Waals surface area contributed by atoms with Crippen molar-refractivity contribution in [1.29, 1.82) is 0 Å². The number of aromatic nitrogens is 2. The molecule has 0 radical (unpaired) electrons. The topological polar surface area (TPSA) is 53.1 Å². The first-order chi connectivity index (χ1) is 7.61. The molecule has 0 aliphatic carbocycles. The summed E-state index contributed by atoms with van der Waals surface area (Å²) >= 11 is 0. The minimum atomic E-state index is 0.515.